The molecule has 0 saturated heterocycles. The zero-order valence-corrected chi connectivity index (χ0v) is 14.2. The summed E-state index contributed by atoms with van der Waals surface area (Å²) in [5.41, 5.74) is 6.81. The molecule has 0 atom stereocenters. The van der Waals surface area contributed by atoms with Gasteiger partial charge in [-0.15, -0.1) is 0 Å². The molecule has 0 fully saturated rings. The number of nitrogens with two attached hydrogens (primary N) is 1. The van der Waals surface area contributed by atoms with E-state index in [1.165, 1.54) is 18.2 Å². The Morgan fingerprint density at radius 1 is 1.20 bits per heavy atom. The lowest BCUT2D eigenvalue weighted by molar-refractivity contribution is 0.102. The number of aromatic nitrogens is 2. The average molecular weight is 404 g/mol. The zero-order valence-electron chi connectivity index (χ0n) is 12.6. The number of amides is 1. The van der Waals surface area contributed by atoms with Gasteiger partial charge in [-0.1, -0.05) is 18.2 Å². The van der Waals surface area contributed by atoms with Gasteiger partial charge in [0.2, 0.25) is 5.82 Å². The zero-order chi connectivity index (χ0) is 17.8. The van der Waals surface area contributed by atoms with Gasteiger partial charge in [0.1, 0.15) is 5.82 Å². The first-order valence-corrected chi connectivity index (χ1v) is 7.82. The van der Waals surface area contributed by atoms with Crippen molar-refractivity contribution >= 4 is 39.2 Å². The van der Waals surface area contributed by atoms with Gasteiger partial charge in [0.25, 0.3) is 5.91 Å². The number of nitrogens with zero attached hydrogens (tertiary/aromatic N) is 3. The normalized spacial score (nSPS) is 11.4. The van der Waals surface area contributed by atoms with Crippen LogP contribution >= 0.6 is 15.9 Å². The molecule has 0 spiro atoms. The topological polar surface area (TPSA) is 106 Å². The third kappa shape index (κ3) is 3.89. The molecule has 1 aromatic heterocycles. The third-order valence-electron chi connectivity index (χ3n) is 3.15. The highest BCUT2D eigenvalue weighted by molar-refractivity contribution is 9.10. The van der Waals surface area contributed by atoms with E-state index in [4.69, 9.17) is 5.73 Å². The van der Waals surface area contributed by atoms with Gasteiger partial charge < -0.3 is 11.1 Å². The van der Waals surface area contributed by atoms with Gasteiger partial charge in [0.15, 0.2) is 11.5 Å². The monoisotopic (exact) mass is 403 g/mol. The molecule has 7 nitrogen and oxygen atoms in total. The van der Waals surface area contributed by atoms with E-state index in [9.17, 15) is 9.18 Å². The van der Waals surface area contributed by atoms with Crippen molar-refractivity contribution in [3.05, 3.63) is 70.1 Å². The number of hydrogen-bond donors (Lipinski definition) is 2. The van der Waals surface area contributed by atoms with Crippen LogP contribution in [0.25, 0.3) is 0 Å². The second-order valence-electron chi connectivity index (χ2n) is 4.88. The van der Waals surface area contributed by atoms with Crippen LogP contribution in [0.5, 0.6) is 0 Å². The molecule has 9 heteroatoms. The Labute approximate surface area is 149 Å². The summed E-state index contributed by atoms with van der Waals surface area (Å²) >= 11 is 3.07. The van der Waals surface area contributed by atoms with E-state index in [0.29, 0.717) is 11.3 Å². The summed E-state index contributed by atoms with van der Waals surface area (Å²) in [6, 6.07) is 12.7. The minimum absolute atomic E-state index is 0.0382. The standard InChI is InChI=1S/C16H11BrFN5O2/c17-11-8-10(6-7-12(11)18)20-14(19)13-15(23-25-22-13)21-16(24)9-4-2-1-3-5-9/h1-8H,(H2,19,20)(H,21,23,24). The predicted molar refractivity (Wildman–Crippen MR) is 93.2 cm³/mol. The molecule has 0 unspecified atom stereocenters. The number of halogens is 2. The largest absolute Gasteiger partial charge is 0.382 e. The number of hydrogen-bond acceptors (Lipinski definition) is 5. The maximum atomic E-state index is 13.3. The maximum Gasteiger partial charge on any atom is 0.256 e. The molecule has 1 heterocycles. The van der Waals surface area contributed by atoms with Crippen LogP contribution in [0.2, 0.25) is 0 Å². The van der Waals surface area contributed by atoms with E-state index in [1.807, 2.05) is 0 Å². The number of aliphatic imine (C=N–C) groups is 1. The minimum Gasteiger partial charge on any atom is -0.382 e. The Kier molecular flexibility index (Phi) is 4.85. The molecule has 25 heavy (non-hydrogen) atoms. The summed E-state index contributed by atoms with van der Waals surface area (Å²) < 4.78 is 18.2. The van der Waals surface area contributed by atoms with Gasteiger partial charge in [-0.2, -0.15) is 0 Å². The van der Waals surface area contributed by atoms with Gasteiger partial charge in [-0.3, -0.25) is 4.79 Å². The molecule has 0 aliphatic heterocycles. The Morgan fingerprint density at radius 3 is 2.68 bits per heavy atom. The van der Waals surface area contributed by atoms with Crippen molar-refractivity contribution < 1.29 is 13.8 Å². The fourth-order valence-electron chi connectivity index (χ4n) is 1.95. The smallest absolute Gasteiger partial charge is 0.256 e. The van der Waals surface area contributed by atoms with E-state index in [-0.39, 0.29) is 21.8 Å². The quantitative estimate of drug-likeness (QED) is 0.513. The highest BCUT2D eigenvalue weighted by Crippen LogP contribution is 2.23. The van der Waals surface area contributed by atoms with Gasteiger partial charge in [-0.25, -0.2) is 14.0 Å². The Morgan fingerprint density at radius 2 is 1.96 bits per heavy atom. The molecule has 0 saturated carbocycles. The number of benzene rings is 2. The molecule has 3 N–H and O–H groups in total. The van der Waals surface area contributed by atoms with E-state index in [2.05, 4.69) is 41.2 Å². The molecular formula is C16H11BrFN5O2. The van der Waals surface area contributed by atoms with Crippen LogP contribution in [0.1, 0.15) is 16.1 Å². The summed E-state index contributed by atoms with van der Waals surface area (Å²) in [7, 11) is 0. The van der Waals surface area contributed by atoms with Crippen LogP contribution in [0.4, 0.5) is 15.9 Å². The summed E-state index contributed by atoms with van der Waals surface area (Å²) in [5.74, 6) is -0.814. The van der Waals surface area contributed by atoms with Crippen molar-refractivity contribution in [1.82, 2.24) is 10.3 Å². The lowest BCUT2D eigenvalue weighted by Crippen LogP contribution is -2.19. The van der Waals surface area contributed by atoms with Crippen molar-refractivity contribution in [3.63, 3.8) is 0 Å². The molecular weight excluding hydrogens is 393 g/mol. The molecule has 3 aromatic rings. The minimum atomic E-state index is -0.420. The Bertz CT molecular complexity index is 943. The number of anilines is 1. The van der Waals surface area contributed by atoms with Crippen LogP contribution in [0.15, 0.2) is 62.6 Å². The molecule has 126 valence electrons. The second-order valence-corrected chi connectivity index (χ2v) is 5.73. The highest BCUT2D eigenvalue weighted by atomic mass is 79.9. The lowest BCUT2D eigenvalue weighted by Gasteiger charge is -2.03. The van der Waals surface area contributed by atoms with Gasteiger partial charge in [0.05, 0.1) is 10.2 Å². The molecule has 0 bridgehead atoms. The SMILES string of the molecule is NC(=Nc1ccc(F)c(Br)c1)c1nonc1NC(=O)c1ccccc1. The van der Waals surface area contributed by atoms with Crippen molar-refractivity contribution in [3.8, 4) is 0 Å². The van der Waals surface area contributed by atoms with Crippen LogP contribution in [0, 0.1) is 5.82 Å². The summed E-state index contributed by atoms with van der Waals surface area (Å²) in [6.07, 6.45) is 0. The van der Waals surface area contributed by atoms with Gasteiger partial charge in [0, 0.05) is 5.56 Å². The van der Waals surface area contributed by atoms with E-state index < -0.39 is 11.7 Å². The predicted octanol–water partition coefficient (Wildman–Crippen LogP) is 3.26. The Balaban J connectivity index is 1.84. The van der Waals surface area contributed by atoms with Gasteiger partial charge >= 0.3 is 0 Å². The summed E-state index contributed by atoms with van der Waals surface area (Å²) in [4.78, 5) is 16.3. The van der Waals surface area contributed by atoms with E-state index >= 15 is 0 Å². The average Bonchev–Trinajstić information content (AvgIpc) is 3.07. The number of carbonyl (C=O) groups excluding carboxylic acids is 1. The first kappa shape index (κ1) is 16.8. The van der Waals surface area contributed by atoms with Crippen LogP contribution in [-0.2, 0) is 0 Å². The second kappa shape index (κ2) is 7.22. The van der Waals surface area contributed by atoms with Crippen LogP contribution < -0.4 is 11.1 Å². The molecule has 3 rings (SSSR count). The first-order chi connectivity index (χ1) is 12.0. The summed E-state index contributed by atoms with van der Waals surface area (Å²) in [6.45, 7) is 0. The summed E-state index contributed by atoms with van der Waals surface area (Å²) in [5, 5.41) is 9.84. The fraction of sp³-hybridized carbons (Fsp3) is 0. The highest BCUT2D eigenvalue weighted by Gasteiger charge is 2.17. The lowest BCUT2D eigenvalue weighted by atomic mass is 10.2. The van der Waals surface area contributed by atoms with E-state index in [0.717, 1.165) is 0 Å². The molecule has 0 aliphatic rings. The van der Waals surface area contributed by atoms with Gasteiger partial charge in [-0.05, 0) is 56.6 Å². The van der Waals surface area contributed by atoms with Crippen molar-refractivity contribution in [1.29, 1.82) is 0 Å². The number of carbonyl (C=O) groups is 1. The molecule has 0 radical (unpaired) electrons. The number of nitrogens with one attached hydrogen (secondary N) is 1. The third-order valence-corrected chi connectivity index (χ3v) is 3.76. The number of rotatable bonds is 4. The fourth-order valence-corrected chi connectivity index (χ4v) is 2.32. The Hall–Kier alpha value is -3.07. The molecule has 1 amide bonds. The molecule has 0 aliphatic carbocycles. The van der Waals surface area contributed by atoms with Crippen LogP contribution in [-0.4, -0.2) is 22.1 Å². The van der Waals surface area contributed by atoms with E-state index in [1.54, 1.807) is 30.3 Å². The first-order valence-electron chi connectivity index (χ1n) is 7.03. The van der Waals surface area contributed by atoms with Crippen LogP contribution in [0.3, 0.4) is 0 Å². The van der Waals surface area contributed by atoms with Crippen molar-refractivity contribution in [2.24, 2.45) is 10.7 Å². The maximum absolute atomic E-state index is 13.3. The number of amidine groups is 1. The molecule has 2 aromatic carbocycles. The van der Waals surface area contributed by atoms with Crippen molar-refractivity contribution in [2.45, 2.75) is 0 Å². The van der Waals surface area contributed by atoms with Crippen molar-refractivity contribution in [2.75, 3.05) is 5.32 Å².